The Morgan fingerprint density at radius 3 is 2.31 bits per heavy atom. The minimum absolute atomic E-state index is 0.0567. The Hall–Kier alpha value is -4.25. The fourth-order valence-electron chi connectivity index (χ4n) is 6.31. The number of Topliss-reactive ketones (excluding diaryl/α,β-unsaturated/α-hetero) is 2. The molecular formula is C30H22N2O3. The second kappa shape index (κ2) is 7.12. The lowest BCUT2D eigenvalue weighted by molar-refractivity contribution is -0.124. The third-order valence-corrected chi connectivity index (χ3v) is 7.70. The van der Waals surface area contributed by atoms with Gasteiger partial charge in [0.15, 0.2) is 11.6 Å². The maximum Gasteiger partial charge on any atom is 0.247 e. The lowest BCUT2D eigenvalue weighted by Gasteiger charge is -2.39. The minimum atomic E-state index is -1.44. The zero-order valence-electron chi connectivity index (χ0n) is 19.0. The molecule has 0 radical (unpaired) electrons. The van der Waals surface area contributed by atoms with Gasteiger partial charge in [0.1, 0.15) is 5.41 Å². The Bertz CT molecular complexity index is 1530. The Morgan fingerprint density at radius 2 is 1.49 bits per heavy atom. The largest absolute Gasteiger partial charge is 0.358 e. The number of para-hydroxylation sites is 1. The van der Waals surface area contributed by atoms with E-state index in [4.69, 9.17) is 0 Å². The number of rotatable bonds is 2. The normalized spacial score (nSPS) is 22.3. The van der Waals surface area contributed by atoms with E-state index in [2.05, 4.69) is 5.32 Å². The summed E-state index contributed by atoms with van der Waals surface area (Å²) < 4.78 is 0. The van der Waals surface area contributed by atoms with Gasteiger partial charge >= 0.3 is 0 Å². The molecule has 2 aliphatic carbocycles. The van der Waals surface area contributed by atoms with Crippen LogP contribution in [-0.2, 0) is 21.5 Å². The van der Waals surface area contributed by atoms with Crippen LogP contribution in [0.4, 0.5) is 5.69 Å². The smallest absolute Gasteiger partial charge is 0.247 e. The molecular weight excluding hydrogens is 436 g/mol. The number of nitrogens with zero attached hydrogens (tertiary/aromatic N) is 1. The van der Waals surface area contributed by atoms with E-state index in [0.29, 0.717) is 41.8 Å². The van der Waals surface area contributed by atoms with E-state index in [1.165, 1.54) is 0 Å². The number of ketones is 2. The highest BCUT2D eigenvalue weighted by atomic mass is 16.2. The summed E-state index contributed by atoms with van der Waals surface area (Å²) in [6.07, 6.45) is 1.77. The third kappa shape index (κ3) is 2.50. The lowest BCUT2D eigenvalue weighted by Crippen LogP contribution is -2.50. The molecule has 3 aromatic carbocycles. The first-order valence-electron chi connectivity index (χ1n) is 12.0. The van der Waals surface area contributed by atoms with Crippen molar-refractivity contribution in [2.45, 2.75) is 31.2 Å². The first kappa shape index (κ1) is 20.2. The molecule has 0 bridgehead atoms. The summed E-state index contributed by atoms with van der Waals surface area (Å²) in [6.45, 7) is 0.367. The Balaban J connectivity index is 1.53. The van der Waals surface area contributed by atoms with Crippen molar-refractivity contribution in [1.29, 1.82) is 0 Å². The van der Waals surface area contributed by atoms with Crippen LogP contribution in [0, 0.1) is 0 Å². The molecule has 7 rings (SSSR count). The summed E-state index contributed by atoms with van der Waals surface area (Å²) in [6, 6.07) is 24.9. The van der Waals surface area contributed by atoms with Crippen molar-refractivity contribution < 1.29 is 14.4 Å². The second-order valence-corrected chi connectivity index (χ2v) is 9.52. The Labute approximate surface area is 202 Å². The predicted octanol–water partition coefficient (Wildman–Crippen LogP) is 4.69. The predicted molar refractivity (Wildman–Crippen MR) is 132 cm³/mol. The fraction of sp³-hybridized carbons (Fsp3) is 0.167. The molecule has 4 aliphatic rings. The van der Waals surface area contributed by atoms with E-state index in [-0.39, 0.29) is 17.5 Å². The molecule has 170 valence electrons. The van der Waals surface area contributed by atoms with Gasteiger partial charge in [-0.3, -0.25) is 14.4 Å². The number of allylic oxidation sites excluding steroid dienone is 1. The Morgan fingerprint density at radius 1 is 0.771 bits per heavy atom. The average Bonchev–Trinajstić information content (AvgIpc) is 3.30. The van der Waals surface area contributed by atoms with Gasteiger partial charge in [0.25, 0.3) is 0 Å². The maximum absolute atomic E-state index is 14.7. The summed E-state index contributed by atoms with van der Waals surface area (Å²) in [4.78, 5) is 44.0. The average molecular weight is 459 g/mol. The van der Waals surface area contributed by atoms with Crippen LogP contribution in [0.5, 0.6) is 0 Å². The number of hydrogen-bond acceptors (Lipinski definition) is 4. The molecule has 2 heterocycles. The van der Waals surface area contributed by atoms with Crippen molar-refractivity contribution in [1.82, 2.24) is 5.32 Å². The first-order valence-corrected chi connectivity index (χ1v) is 12.0. The number of amides is 1. The van der Waals surface area contributed by atoms with Gasteiger partial charge in [-0.15, -0.1) is 0 Å². The summed E-state index contributed by atoms with van der Waals surface area (Å²) in [5.74, 6) is -0.461. The highest BCUT2D eigenvalue weighted by molar-refractivity contribution is 6.32. The van der Waals surface area contributed by atoms with Gasteiger partial charge in [-0.05, 0) is 24.5 Å². The van der Waals surface area contributed by atoms with Crippen LogP contribution in [-0.4, -0.2) is 17.5 Å². The van der Waals surface area contributed by atoms with Crippen LogP contribution in [0.2, 0.25) is 0 Å². The zero-order valence-corrected chi connectivity index (χ0v) is 19.0. The lowest BCUT2D eigenvalue weighted by atomic mass is 9.63. The highest BCUT2D eigenvalue weighted by Gasteiger charge is 2.63. The van der Waals surface area contributed by atoms with Gasteiger partial charge in [0, 0.05) is 45.6 Å². The van der Waals surface area contributed by atoms with E-state index in [9.17, 15) is 14.4 Å². The monoisotopic (exact) mass is 458 g/mol. The van der Waals surface area contributed by atoms with E-state index in [1.54, 1.807) is 11.0 Å². The van der Waals surface area contributed by atoms with Gasteiger partial charge < -0.3 is 10.2 Å². The van der Waals surface area contributed by atoms with Crippen molar-refractivity contribution in [3.63, 3.8) is 0 Å². The number of carbonyl (C=O) groups excluding carboxylic acids is 3. The SMILES string of the molecule is O=C1CCCC2=C1C1(C(=O)N(Cc3ccccc3)c3ccccc31)C1=C(N2)c2ccccc2C1=O. The number of benzene rings is 3. The van der Waals surface area contributed by atoms with Gasteiger partial charge in [0.05, 0.1) is 12.2 Å². The van der Waals surface area contributed by atoms with Crippen LogP contribution in [0.25, 0.3) is 5.70 Å². The zero-order chi connectivity index (χ0) is 23.7. The molecule has 5 nitrogen and oxygen atoms in total. The molecule has 3 aromatic rings. The molecule has 2 aliphatic heterocycles. The van der Waals surface area contributed by atoms with E-state index >= 15 is 0 Å². The molecule has 5 heteroatoms. The number of hydrogen-bond donors (Lipinski definition) is 1. The summed E-state index contributed by atoms with van der Waals surface area (Å²) >= 11 is 0. The van der Waals surface area contributed by atoms with Gasteiger partial charge in [0.2, 0.25) is 5.91 Å². The molecule has 0 aromatic heterocycles. The number of carbonyl (C=O) groups is 3. The summed E-state index contributed by atoms with van der Waals surface area (Å²) in [5.41, 5.74) is 4.68. The topological polar surface area (TPSA) is 66.5 Å². The van der Waals surface area contributed by atoms with Crippen molar-refractivity contribution in [3.8, 4) is 0 Å². The van der Waals surface area contributed by atoms with Crippen molar-refractivity contribution in [2.24, 2.45) is 0 Å². The molecule has 1 unspecified atom stereocenters. The van der Waals surface area contributed by atoms with E-state index in [1.807, 2.05) is 72.8 Å². The van der Waals surface area contributed by atoms with Crippen molar-refractivity contribution >= 4 is 28.9 Å². The summed E-state index contributed by atoms with van der Waals surface area (Å²) in [5, 5.41) is 3.45. The van der Waals surface area contributed by atoms with Crippen LogP contribution < -0.4 is 10.2 Å². The van der Waals surface area contributed by atoms with Gasteiger partial charge in [-0.25, -0.2) is 0 Å². The van der Waals surface area contributed by atoms with Crippen LogP contribution >= 0.6 is 0 Å². The highest BCUT2D eigenvalue weighted by Crippen LogP contribution is 2.58. The minimum Gasteiger partial charge on any atom is -0.358 e. The number of dihydropyridines is 1. The molecule has 1 N–H and O–H groups in total. The molecule has 0 fully saturated rings. The van der Waals surface area contributed by atoms with Gasteiger partial charge in [-0.1, -0.05) is 72.8 Å². The van der Waals surface area contributed by atoms with Crippen LogP contribution in [0.1, 0.15) is 46.3 Å². The first-order chi connectivity index (χ1) is 17.1. The molecule has 1 spiro atoms. The number of anilines is 1. The third-order valence-electron chi connectivity index (χ3n) is 7.70. The standard InChI is InChI=1S/C30H22N2O3/c33-24-16-8-14-22-25(24)30(26-27(31-22)19-11-4-5-12-20(19)28(26)34)21-13-6-7-15-23(21)32(29(30)35)17-18-9-2-1-3-10-18/h1-7,9-13,15,31H,8,14,16-17H2. The number of nitrogens with one attached hydrogen (secondary N) is 1. The van der Waals surface area contributed by atoms with E-state index < -0.39 is 5.41 Å². The molecule has 1 atom stereocenters. The molecule has 35 heavy (non-hydrogen) atoms. The Kier molecular flexibility index (Phi) is 4.10. The molecule has 1 amide bonds. The van der Waals surface area contributed by atoms with Crippen molar-refractivity contribution in [3.05, 3.63) is 118 Å². The maximum atomic E-state index is 14.7. The van der Waals surface area contributed by atoms with Gasteiger partial charge in [-0.2, -0.15) is 0 Å². The quantitative estimate of drug-likeness (QED) is 0.605. The molecule has 0 saturated carbocycles. The fourth-order valence-corrected chi connectivity index (χ4v) is 6.31. The van der Waals surface area contributed by atoms with Crippen LogP contribution in [0.15, 0.2) is 95.7 Å². The number of fused-ring (bicyclic) bond motifs is 6. The van der Waals surface area contributed by atoms with Crippen LogP contribution in [0.3, 0.4) is 0 Å². The molecule has 0 saturated heterocycles. The summed E-state index contributed by atoms with van der Waals surface area (Å²) in [7, 11) is 0. The second-order valence-electron chi connectivity index (χ2n) is 9.52. The van der Waals surface area contributed by atoms with E-state index in [0.717, 1.165) is 34.5 Å². The van der Waals surface area contributed by atoms with Crippen molar-refractivity contribution in [2.75, 3.05) is 4.90 Å².